The number of carbonyl (C=O) groups is 1. The third kappa shape index (κ3) is 5.26. The normalized spacial score (nSPS) is 14.3. The fourth-order valence-corrected chi connectivity index (χ4v) is 3.73. The van der Waals surface area contributed by atoms with Crippen molar-refractivity contribution in [1.82, 2.24) is 9.78 Å². The fraction of sp³-hybridized carbons (Fsp3) is 0.444. The lowest BCUT2D eigenvalue weighted by molar-refractivity contribution is -0.142. The van der Waals surface area contributed by atoms with Crippen LogP contribution >= 0.6 is 15.9 Å². The molecule has 0 aliphatic heterocycles. The molecule has 1 amide bonds. The van der Waals surface area contributed by atoms with E-state index in [9.17, 15) is 26.7 Å². The summed E-state index contributed by atoms with van der Waals surface area (Å²) >= 11 is 2.99. The topological polar surface area (TPSA) is 56.2 Å². The van der Waals surface area contributed by atoms with E-state index in [0.717, 1.165) is 12.8 Å². The molecule has 1 fully saturated rings. The molecule has 1 N–H and O–H groups in total. The van der Waals surface area contributed by atoms with Gasteiger partial charge in [-0.25, -0.2) is 0 Å². The van der Waals surface area contributed by atoms with Crippen LogP contribution in [0.3, 0.4) is 0 Å². The number of anilines is 1. The molecule has 1 saturated carbocycles. The monoisotopic (exact) mass is 481 g/mol. The number of hydrogen-bond acceptors (Lipinski definition) is 3. The number of amides is 1. The van der Waals surface area contributed by atoms with E-state index >= 15 is 0 Å². The lowest BCUT2D eigenvalue weighted by atomic mass is 10.2. The van der Waals surface area contributed by atoms with Crippen molar-refractivity contribution >= 4 is 27.5 Å². The number of nitrogens with one attached hydrogen (secondary N) is 1. The van der Waals surface area contributed by atoms with Gasteiger partial charge in [0, 0.05) is 12.3 Å². The largest absolute Gasteiger partial charge is 0.436 e. The van der Waals surface area contributed by atoms with Crippen LogP contribution in [0.15, 0.2) is 22.7 Å². The lowest BCUT2D eigenvalue weighted by Gasteiger charge is -2.13. The zero-order valence-corrected chi connectivity index (χ0v) is 16.8. The van der Waals surface area contributed by atoms with Crippen LogP contribution in [-0.4, -0.2) is 22.3 Å². The summed E-state index contributed by atoms with van der Waals surface area (Å²) in [6.45, 7) is -1.46. The average Bonchev–Trinajstić information content (AvgIpc) is 3.37. The Labute approximate surface area is 171 Å². The van der Waals surface area contributed by atoms with Crippen molar-refractivity contribution in [2.45, 2.75) is 51.4 Å². The maximum Gasteiger partial charge on any atom is 0.436 e. The number of hydrogen-bond donors (Lipinski definition) is 1. The molecule has 0 unspecified atom stereocenters. The summed E-state index contributed by atoms with van der Waals surface area (Å²) in [6.07, 6.45) is -3.29. The van der Waals surface area contributed by atoms with Crippen LogP contribution in [0.25, 0.3) is 0 Å². The second-order valence-electron chi connectivity index (χ2n) is 6.72. The van der Waals surface area contributed by atoms with Gasteiger partial charge >= 0.3 is 12.8 Å². The highest BCUT2D eigenvalue weighted by atomic mass is 79.9. The average molecular weight is 482 g/mol. The summed E-state index contributed by atoms with van der Waals surface area (Å²) in [5.41, 5.74) is 0.114. The molecule has 29 heavy (non-hydrogen) atoms. The van der Waals surface area contributed by atoms with Gasteiger partial charge in [-0.1, -0.05) is 6.07 Å². The van der Waals surface area contributed by atoms with Crippen molar-refractivity contribution in [3.8, 4) is 5.75 Å². The number of ether oxygens (including phenoxy) is 1. The van der Waals surface area contributed by atoms with Crippen molar-refractivity contribution in [2.75, 3.05) is 5.32 Å². The second-order valence-corrected chi connectivity index (χ2v) is 7.51. The molecule has 3 rings (SSSR count). The van der Waals surface area contributed by atoms with E-state index in [1.165, 1.54) is 16.8 Å². The Morgan fingerprint density at radius 1 is 1.38 bits per heavy atom. The number of rotatable bonds is 7. The molecular weight excluding hydrogens is 465 g/mol. The molecule has 1 aliphatic rings. The molecule has 0 saturated heterocycles. The van der Waals surface area contributed by atoms with Crippen LogP contribution in [0.5, 0.6) is 5.75 Å². The number of carbonyl (C=O) groups excluding carboxylic acids is 1. The van der Waals surface area contributed by atoms with E-state index in [4.69, 9.17) is 0 Å². The predicted octanol–water partition coefficient (Wildman–Crippen LogP) is 5.48. The van der Waals surface area contributed by atoms with Crippen LogP contribution in [-0.2, 0) is 17.5 Å². The Bertz CT molecular complexity index is 910. The van der Waals surface area contributed by atoms with Gasteiger partial charge in [-0.15, -0.1) is 0 Å². The first-order valence-electron chi connectivity index (χ1n) is 8.75. The second kappa shape index (κ2) is 8.29. The van der Waals surface area contributed by atoms with Gasteiger partial charge in [0.15, 0.2) is 5.69 Å². The van der Waals surface area contributed by atoms with Crippen LogP contribution in [0, 0.1) is 6.92 Å². The van der Waals surface area contributed by atoms with E-state index < -0.39 is 24.4 Å². The van der Waals surface area contributed by atoms with Gasteiger partial charge in [0.2, 0.25) is 5.91 Å². The number of halogens is 6. The van der Waals surface area contributed by atoms with Gasteiger partial charge in [0.05, 0.1) is 22.4 Å². The molecule has 0 atom stereocenters. The molecular formula is C18H17BrF5N3O2. The summed E-state index contributed by atoms with van der Waals surface area (Å²) in [6, 6.07) is 4.39. The minimum absolute atomic E-state index is 0.0285. The molecule has 0 radical (unpaired) electrons. The van der Waals surface area contributed by atoms with Crippen LogP contribution in [0.1, 0.15) is 42.1 Å². The van der Waals surface area contributed by atoms with Crippen LogP contribution < -0.4 is 10.1 Å². The molecule has 1 aromatic carbocycles. The summed E-state index contributed by atoms with van der Waals surface area (Å²) in [7, 11) is 0. The predicted molar refractivity (Wildman–Crippen MR) is 98.0 cm³/mol. The van der Waals surface area contributed by atoms with Gasteiger partial charge in [-0.3, -0.25) is 9.48 Å². The minimum atomic E-state index is -4.61. The smallest absolute Gasteiger partial charge is 0.433 e. The van der Waals surface area contributed by atoms with Crippen molar-refractivity contribution in [3.05, 3.63) is 39.6 Å². The molecule has 1 aliphatic carbocycles. The molecule has 0 spiro atoms. The van der Waals surface area contributed by atoms with E-state index in [0.29, 0.717) is 11.3 Å². The lowest BCUT2D eigenvalue weighted by Crippen LogP contribution is -2.17. The Morgan fingerprint density at radius 2 is 2.07 bits per heavy atom. The first-order chi connectivity index (χ1) is 13.6. The first kappa shape index (κ1) is 21.5. The van der Waals surface area contributed by atoms with Crippen molar-refractivity contribution in [2.24, 2.45) is 0 Å². The molecule has 11 heteroatoms. The van der Waals surface area contributed by atoms with E-state index in [2.05, 4.69) is 31.1 Å². The summed E-state index contributed by atoms with van der Waals surface area (Å²) in [5, 5.41) is 6.09. The third-order valence-electron chi connectivity index (χ3n) is 4.34. The third-order valence-corrected chi connectivity index (χ3v) is 5.12. The maximum absolute atomic E-state index is 13.1. The highest BCUT2D eigenvalue weighted by Crippen LogP contribution is 2.47. The minimum Gasteiger partial charge on any atom is -0.433 e. The zero-order valence-electron chi connectivity index (χ0n) is 15.2. The highest BCUT2D eigenvalue weighted by molar-refractivity contribution is 9.10. The number of aromatic nitrogens is 2. The van der Waals surface area contributed by atoms with Gasteiger partial charge in [0.25, 0.3) is 0 Å². The van der Waals surface area contributed by atoms with Gasteiger partial charge in [0.1, 0.15) is 5.75 Å². The number of nitrogens with zero attached hydrogens (tertiary/aromatic N) is 2. The van der Waals surface area contributed by atoms with Gasteiger partial charge < -0.3 is 10.1 Å². The Kier molecular flexibility index (Phi) is 6.16. The van der Waals surface area contributed by atoms with E-state index in [1.807, 2.05) is 0 Å². The molecule has 5 nitrogen and oxygen atoms in total. The Hall–Kier alpha value is -2.17. The molecule has 2 aromatic rings. The number of benzene rings is 1. The quantitative estimate of drug-likeness (QED) is 0.532. The maximum atomic E-state index is 13.1. The Balaban J connectivity index is 1.72. The number of alkyl halides is 5. The highest BCUT2D eigenvalue weighted by Gasteiger charge is 2.41. The standard InChI is InChI=1S/C18H17BrF5N3O2/c1-9-2-5-11(12(8-9)29-17(20)21)25-13(28)6-7-27-15(10-3-4-10)14(19)16(26-27)18(22,23)24/h2,5,8,10,17H,3-4,6-7H2,1H3,(H,25,28). The van der Waals surface area contributed by atoms with Gasteiger partial charge in [-0.2, -0.15) is 27.1 Å². The zero-order chi connectivity index (χ0) is 21.3. The summed E-state index contributed by atoms with van der Waals surface area (Å²) in [4.78, 5) is 12.3. The summed E-state index contributed by atoms with van der Waals surface area (Å²) < 4.78 is 70.0. The van der Waals surface area contributed by atoms with Crippen LogP contribution in [0.2, 0.25) is 0 Å². The van der Waals surface area contributed by atoms with E-state index in [-0.39, 0.29) is 34.8 Å². The SMILES string of the molecule is Cc1ccc(NC(=O)CCn2nc(C(F)(F)F)c(Br)c2C2CC2)c(OC(F)F)c1. The summed E-state index contributed by atoms with van der Waals surface area (Å²) in [5.74, 6) is -0.776. The Morgan fingerprint density at radius 3 is 2.66 bits per heavy atom. The van der Waals surface area contributed by atoms with Gasteiger partial charge in [-0.05, 0) is 53.4 Å². The molecule has 158 valence electrons. The van der Waals surface area contributed by atoms with Crippen LogP contribution in [0.4, 0.5) is 27.6 Å². The molecule has 1 heterocycles. The first-order valence-corrected chi connectivity index (χ1v) is 9.54. The van der Waals surface area contributed by atoms with Crippen molar-refractivity contribution in [1.29, 1.82) is 0 Å². The number of aryl methyl sites for hydroxylation is 2. The molecule has 0 bridgehead atoms. The van der Waals surface area contributed by atoms with Crippen molar-refractivity contribution in [3.63, 3.8) is 0 Å². The fourth-order valence-electron chi connectivity index (χ4n) is 2.90. The van der Waals surface area contributed by atoms with Crippen molar-refractivity contribution < 1.29 is 31.5 Å². The van der Waals surface area contributed by atoms with E-state index in [1.54, 1.807) is 13.0 Å². The molecule has 1 aromatic heterocycles.